The van der Waals surface area contributed by atoms with Crippen LogP contribution in [0.25, 0.3) is 0 Å². The molecule has 0 aromatic carbocycles. The SMILES string of the molecule is Cn1cc(N2CC[C@H](NC3CCN(c4ccccn4)CC3)C2=O)cn1. The van der Waals surface area contributed by atoms with Gasteiger partial charge < -0.3 is 15.1 Å². The summed E-state index contributed by atoms with van der Waals surface area (Å²) in [6, 6.07) is 6.34. The van der Waals surface area contributed by atoms with E-state index in [-0.39, 0.29) is 11.9 Å². The lowest BCUT2D eigenvalue weighted by Crippen LogP contribution is -2.49. The second-order valence-corrected chi connectivity index (χ2v) is 6.82. The minimum atomic E-state index is -0.0772. The Balaban J connectivity index is 1.31. The topological polar surface area (TPSA) is 66.3 Å². The van der Waals surface area contributed by atoms with Crippen molar-refractivity contribution in [3.05, 3.63) is 36.8 Å². The van der Waals surface area contributed by atoms with Crippen LogP contribution in [-0.4, -0.2) is 52.4 Å². The molecule has 0 aliphatic carbocycles. The Hall–Kier alpha value is -2.41. The van der Waals surface area contributed by atoms with E-state index in [1.54, 1.807) is 10.9 Å². The van der Waals surface area contributed by atoms with Crippen molar-refractivity contribution in [1.29, 1.82) is 0 Å². The zero-order valence-electron chi connectivity index (χ0n) is 14.5. The highest BCUT2D eigenvalue weighted by Crippen LogP contribution is 2.23. The molecule has 2 aromatic rings. The van der Waals surface area contributed by atoms with Crippen molar-refractivity contribution in [3.63, 3.8) is 0 Å². The average molecular weight is 340 g/mol. The molecular weight excluding hydrogens is 316 g/mol. The summed E-state index contributed by atoms with van der Waals surface area (Å²) in [4.78, 5) is 21.3. The molecule has 1 N–H and O–H groups in total. The van der Waals surface area contributed by atoms with Gasteiger partial charge in [-0.25, -0.2) is 4.98 Å². The standard InChI is InChI=1S/C18H24N6O/c1-22-13-15(12-20-22)24-11-7-16(18(24)25)21-14-5-9-23(10-6-14)17-4-2-3-8-19-17/h2-4,8,12-14,16,21H,5-7,9-11H2,1H3/t16-/m0/s1. The fourth-order valence-electron chi connectivity index (χ4n) is 3.74. The maximum absolute atomic E-state index is 12.7. The first-order valence-corrected chi connectivity index (χ1v) is 8.93. The van der Waals surface area contributed by atoms with Crippen LogP contribution in [0.3, 0.4) is 0 Å². The normalized spacial score (nSPS) is 22.0. The lowest BCUT2D eigenvalue weighted by atomic mass is 10.0. The van der Waals surface area contributed by atoms with Crippen molar-refractivity contribution in [1.82, 2.24) is 20.1 Å². The summed E-state index contributed by atoms with van der Waals surface area (Å²) < 4.78 is 1.73. The molecule has 2 aliphatic heterocycles. The number of hydrogen-bond acceptors (Lipinski definition) is 5. The molecule has 0 bridgehead atoms. The van der Waals surface area contributed by atoms with Crippen LogP contribution in [0.1, 0.15) is 19.3 Å². The molecule has 132 valence electrons. The van der Waals surface area contributed by atoms with Crippen LogP contribution >= 0.6 is 0 Å². The summed E-state index contributed by atoms with van der Waals surface area (Å²) >= 11 is 0. The van der Waals surface area contributed by atoms with Crippen molar-refractivity contribution in [3.8, 4) is 0 Å². The highest BCUT2D eigenvalue weighted by Gasteiger charge is 2.35. The molecule has 0 radical (unpaired) electrons. The fraction of sp³-hybridized carbons (Fsp3) is 0.500. The zero-order chi connectivity index (χ0) is 17.2. The Bertz CT molecular complexity index is 722. The molecular formula is C18H24N6O. The second-order valence-electron chi connectivity index (χ2n) is 6.82. The van der Waals surface area contributed by atoms with Crippen LogP contribution in [0.4, 0.5) is 11.5 Å². The van der Waals surface area contributed by atoms with Crippen LogP contribution in [0.5, 0.6) is 0 Å². The molecule has 7 nitrogen and oxygen atoms in total. The number of aromatic nitrogens is 3. The molecule has 1 atom stereocenters. The van der Waals surface area contributed by atoms with Gasteiger partial charge in [0, 0.05) is 45.1 Å². The third-order valence-corrected chi connectivity index (χ3v) is 5.11. The maximum atomic E-state index is 12.7. The molecule has 2 aliphatic rings. The van der Waals surface area contributed by atoms with Gasteiger partial charge in [0.1, 0.15) is 5.82 Å². The van der Waals surface area contributed by atoms with Crippen LogP contribution in [-0.2, 0) is 11.8 Å². The molecule has 2 fully saturated rings. The van der Waals surface area contributed by atoms with Crippen LogP contribution in [0, 0.1) is 0 Å². The Morgan fingerprint density at radius 2 is 2.00 bits per heavy atom. The number of pyridine rings is 1. The number of carbonyl (C=O) groups is 1. The van der Waals surface area contributed by atoms with Gasteiger partial charge in [-0.05, 0) is 31.4 Å². The summed E-state index contributed by atoms with van der Waals surface area (Å²) in [5.41, 5.74) is 0.891. The molecule has 1 amide bonds. The highest BCUT2D eigenvalue weighted by molar-refractivity contribution is 5.99. The van der Waals surface area contributed by atoms with Crippen molar-refractivity contribution in [2.75, 3.05) is 29.4 Å². The summed E-state index contributed by atoms with van der Waals surface area (Å²) in [6.07, 6.45) is 8.41. The van der Waals surface area contributed by atoms with Gasteiger partial charge in [-0.2, -0.15) is 5.10 Å². The number of amides is 1. The van der Waals surface area contributed by atoms with Gasteiger partial charge in [0.15, 0.2) is 0 Å². The summed E-state index contributed by atoms with van der Waals surface area (Å²) in [5, 5.41) is 7.75. The van der Waals surface area contributed by atoms with Gasteiger partial charge in [-0.15, -0.1) is 0 Å². The Labute approximate surface area is 147 Å². The number of aryl methyl sites for hydroxylation is 1. The Morgan fingerprint density at radius 3 is 2.68 bits per heavy atom. The Kier molecular flexibility index (Phi) is 4.40. The van der Waals surface area contributed by atoms with Gasteiger partial charge in [-0.3, -0.25) is 9.48 Å². The van der Waals surface area contributed by atoms with E-state index in [4.69, 9.17) is 0 Å². The summed E-state index contributed by atoms with van der Waals surface area (Å²) in [7, 11) is 1.87. The van der Waals surface area contributed by atoms with E-state index >= 15 is 0 Å². The lowest BCUT2D eigenvalue weighted by Gasteiger charge is -2.34. The predicted molar refractivity (Wildman–Crippen MR) is 96.6 cm³/mol. The lowest BCUT2D eigenvalue weighted by molar-refractivity contribution is -0.119. The summed E-state index contributed by atoms with van der Waals surface area (Å²) in [6.45, 7) is 2.71. The zero-order valence-corrected chi connectivity index (χ0v) is 14.5. The van der Waals surface area contributed by atoms with Gasteiger partial charge >= 0.3 is 0 Å². The van der Waals surface area contributed by atoms with Crippen molar-refractivity contribution < 1.29 is 4.79 Å². The van der Waals surface area contributed by atoms with Crippen molar-refractivity contribution >= 4 is 17.4 Å². The van der Waals surface area contributed by atoms with Crippen LogP contribution in [0.15, 0.2) is 36.8 Å². The first kappa shape index (κ1) is 16.1. The van der Waals surface area contributed by atoms with Gasteiger partial charge in [-0.1, -0.05) is 6.07 Å². The third kappa shape index (κ3) is 3.37. The first-order valence-electron chi connectivity index (χ1n) is 8.93. The molecule has 2 saturated heterocycles. The van der Waals surface area contributed by atoms with Gasteiger partial charge in [0.25, 0.3) is 0 Å². The van der Waals surface area contributed by atoms with E-state index < -0.39 is 0 Å². The van der Waals surface area contributed by atoms with E-state index in [9.17, 15) is 4.79 Å². The number of nitrogens with one attached hydrogen (secondary N) is 1. The predicted octanol–water partition coefficient (Wildman–Crippen LogP) is 1.18. The molecule has 4 heterocycles. The largest absolute Gasteiger partial charge is 0.357 e. The number of anilines is 2. The van der Waals surface area contributed by atoms with Gasteiger partial charge in [0.05, 0.1) is 17.9 Å². The van der Waals surface area contributed by atoms with Crippen LogP contribution in [0.2, 0.25) is 0 Å². The second kappa shape index (κ2) is 6.84. The minimum Gasteiger partial charge on any atom is -0.357 e. The molecule has 25 heavy (non-hydrogen) atoms. The average Bonchev–Trinajstić information content (AvgIpc) is 3.23. The molecule has 0 saturated carbocycles. The van der Waals surface area contributed by atoms with Crippen LogP contribution < -0.4 is 15.1 Å². The Morgan fingerprint density at radius 1 is 1.16 bits per heavy atom. The fourth-order valence-corrected chi connectivity index (χ4v) is 3.74. The number of nitrogens with zero attached hydrogens (tertiary/aromatic N) is 5. The van der Waals surface area contributed by atoms with Gasteiger partial charge in [0.2, 0.25) is 5.91 Å². The number of hydrogen-bond donors (Lipinski definition) is 1. The highest BCUT2D eigenvalue weighted by atomic mass is 16.2. The van der Waals surface area contributed by atoms with E-state index in [1.807, 2.05) is 36.5 Å². The van der Waals surface area contributed by atoms with E-state index in [1.165, 1.54) is 0 Å². The molecule has 0 spiro atoms. The third-order valence-electron chi connectivity index (χ3n) is 5.11. The number of piperidine rings is 1. The smallest absolute Gasteiger partial charge is 0.244 e. The monoisotopic (exact) mass is 340 g/mol. The van der Waals surface area contributed by atoms with E-state index in [0.717, 1.165) is 50.4 Å². The summed E-state index contributed by atoms with van der Waals surface area (Å²) in [5.74, 6) is 1.21. The minimum absolute atomic E-state index is 0.0772. The first-order chi connectivity index (χ1) is 12.2. The van der Waals surface area contributed by atoms with Crippen molar-refractivity contribution in [2.24, 2.45) is 7.05 Å². The molecule has 7 heteroatoms. The quantitative estimate of drug-likeness (QED) is 0.905. The maximum Gasteiger partial charge on any atom is 0.244 e. The number of rotatable bonds is 4. The van der Waals surface area contributed by atoms with E-state index in [2.05, 4.69) is 26.4 Å². The van der Waals surface area contributed by atoms with E-state index in [0.29, 0.717) is 6.04 Å². The number of carbonyl (C=O) groups excluding carboxylic acids is 1. The molecule has 4 rings (SSSR count). The molecule has 0 unspecified atom stereocenters. The molecule has 2 aromatic heterocycles. The van der Waals surface area contributed by atoms with Crippen molar-refractivity contribution in [2.45, 2.75) is 31.3 Å².